The number of sulfonamides is 1. The molecule has 32 heavy (non-hydrogen) atoms. The predicted octanol–water partition coefficient (Wildman–Crippen LogP) is 4.84. The summed E-state index contributed by atoms with van der Waals surface area (Å²) in [5, 5.41) is 3.42. The van der Waals surface area contributed by atoms with Gasteiger partial charge in [-0.05, 0) is 42.5 Å². The van der Waals surface area contributed by atoms with E-state index in [1.54, 1.807) is 55.6 Å². The van der Waals surface area contributed by atoms with Gasteiger partial charge in [0.25, 0.3) is 10.0 Å². The molecule has 0 saturated heterocycles. The van der Waals surface area contributed by atoms with E-state index in [2.05, 4.69) is 20.0 Å². The molecule has 1 aromatic heterocycles. The number of anilines is 3. The molecule has 0 fully saturated rings. The zero-order valence-electron chi connectivity index (χ0n) is 17.2. The molecule has 0 aliphatic rings. The van der Waals surface area contributed by atoms with Gasteiger partial charge in [0.15, 0.2) is 11.6 Å². The number of benzene rings is 3. The average molecular weight is 471 g/mol. The van der Waals surface area contributed by atoms with Crippen LogP contribution in [-0.2, 0) is 10.0 Å². The Bertz CT molecular complexity index is 1400. The van der Waals surface area contributed by atoms with Gasteiger partial charge in [0, 0.05) is 11.1 Å². The Morgan fingerprint density at radius 1 is 0.844 bits per heavy atom. The first-order valence-electron chi connectivity index (χ1n) is 9.44. The van der Waals surface area contributed by atoms with Crippen LogP contribution in [0.4, 0.5) is 17.3 Å². The van der Waals surface area contributed by atoms with Crippen LogP contribution in [-0.4, -0.2) is 32.6 Å². The highest BCUT2D eigenvalue weighted by molar-refractivity contribution is 7.92. The summed E-state index contributed by atoms with van der Waals surface area (Å²) in [6.07, 6.45) is 0. The number of aromatic nitrogens is 2. The molecule has 0 bridgehead atoms. The highest BCUT2D eigenvalue weighted by atomic mass is 35.5. The van der Waals surface area contributed by atoms with E-state index in [1.165, 1.54) is 19.2 Å². The van der Waals surface area contributed by atoms with Gasteiger partial charge in [-0.1, -0.05) is 29.8 Å². The minimum absolute atomic E-state index is 0.00451. The van der Waals surface area contributed by atoms with Crippen molar-refractivity contribution in [2.75, 3.05) is 24.3 Å². The lowest BCUT2D eigenvalue weighted by molar-refractivity contribution is 0.405. The Morgan fingerprint density at radius 3 is 2.22 bits per heavy atom. The van der Waals surface area contributed by atoms with Crippen LogP contribution >= 0.6 is 11.6 Å². The van der Waals surface area contributed by atoms with Crippen LogP contribution in [0.1, 0.15) is 0 Å². The molecule has 0 aliphatic carbocycles. The van der Waals surface area contributed by atoms with E-state index in [1.807, 2.05) is 6.07 Å². The largest absolute Gasteiger partial charge is 0.497 e. The van der Waals surface area contributed by atoms with Gasteiger partial charge in [-0.25, -0.2) is 18.4 Å². The maximum atomic E-state index is 13.0. The zero-order valence-corrected chi connectivity index (χ0v) is 18.7. The maximum absolute atomic E-state index is 13.0. The van der Waals surface area contributed by atoms with Crippen molar-refractivity contribution in [2.24, 2.45) is 0 Å². The number of methoxy groups -OCH3 is 2. The van der Waals surface area contributed by atoms with Crippen molar-refractivity contribution in [3.63, 3.8) is 0 Å². The second-order valence-corrected chi connectivity index (χ2v) is 8.78. The molecule has 8 nitrogen and oxygen atoms in total. The summed E-state index contributed by atoms with van der Waals surface area (Å²) in [6.45, 7) is 0. The second-order valence-electron chi connectivity index (χ2n) is 6.66. The topological polar surface area (TPSA) is 102 Å². The number of hydrogen-bond donors (Lipinski definition) is 2. The Hall–Kier alpha value is -3.56. The van der Waals surface area contributed by atoms with E-state index in [0.29, 0.717) is 33.2 Å². The molecule has 0 aliphatic heterocycles. The Kier molecular flexibility index (Phi) is 6.02. The summed E-state index contributed by atoms with van der Waals surface area (Å²) in [5.41, 5.74) is 1.64. The monoisotopic (exact) mass is 470 g/mol. The molecule has 2 N–H and O–H groups in total. The van der Waals surface area contributed by atoms with Crippen molar-refractivity contribution in [2.45, 2.75) is 4.90 Å². The molecule has 0 saturated carbocycles. The van der Waals surface area contributed by atoms with Crippen molar-refractivity contribution in [1.82, 2.24) is 9.97 Å². The van der Waals surface area contributed by atoms with Crippen LogP contribution < -0.4 is 19.5 Å². The van der Waals surface area contributed by atoms with Crippen LogP contribution in [0.25, 0.3) is 11.0 Å². The van der Waals surface area contributed by atoms with Crippen LogP contribution in [0.3, 0.4) is 0 Å². The average Bonchev–Trinajstić information content (AvgIpc) is 2.79. The van der Waals surface area contributed by atoms with E-state index in [9.17, 15) is 8.42 Å². The van der Waals surface area contributed by atoms with Gasteiger partial charge in [-0.2, -0.15) is 0 Å². The fraction of sp³-hybridized carbons (Fsp3) is 0.0909. The zero-order chi connectivity index (χ0) is 22.7. The van der Waals surface area contributed by atoms with Crippen LogP contribution in [0, 0.1) is 0 Å². The Labute approximate surface area is 190 Å². The number of halogens is 1. The Balaban J connectivity index is 1.81. The number of nitrogens with one attached hydrogen (secondary N) is 2. The third kappa shape index (κ3) is 4.53. The highest BCUT2D eigenvalue weighted by Gasteiger charge is 2.20. The quantitative estimate of drug-likeness (QED) is 0.398. The second kappa shape index (κ2) is 8.89. The van der Waals surface area contributed by atoms with E-state index in [4.69, 9.17) is 21.1 Å². The third-order valence-electron chi connectivity index (χ3n) is 4.57. The summed E-state index contributed by atoms with van der Waals surface area (Å²) >= 11 is 5.97. The molecule has 0 atom stereocenters. The Morgan fingerprint density at radius 2 is 1.56 bits per heavy atom. The fourth-order valence-corrected chi connectivity index (χ4v) is 4.33. The van der Waals surface area contributed by atoms with E-state index in [-0.39, 0.29) is 16.5 Å². The highest BCUT2D eigenvalue weighted by Crippen LogP contribution is 2.34. The molecule has 4 rings (SSSR count). The molecule has 3 aromatic carbocycles. The standard InChI is InChI=1S/C22H19ClN4O4S/c1-30-15-10-11-20(31-2)19(13-15)26-21-22(25-18-9-4-3-8-17(18)24-21)27-32(28,29)16-7-5-6-14(23)12-16/h3-13H,1-2H3,(H,24,26)(H,25,27). The van der Waals surface area contributed by atoms with Gasteiger partial charge >= 0.3 is 0 Å². The first-order valence-corrected chi connectivity index (χ1v) is 11.3. The number of nitrogens with zero attached hydrogens (tertiary/aromatic N) is 2. The predicted molar refractivity (Wildman–Crippen MR) is 125 cm³/mol. The van der Waals surface area contributed by atoms with Crippen molar-refractivity contribution < 1.29 is 17.9 Å². The van der Waals surface area contributed by atoms with E-state index < -0.39 is 10.0 Å². The summed E-state index contributed by atoms with van der Waals surface area (Å²) in [6, 6.07) is 18.3. The van der Waals surface area contributed by atoms with Gasteiger partial charge < -0.3 is 14.8 Å². The molecule has 0 radical (unpaired) electrons. The van der Waals surface area contributed by atoms with Gasteiger partial charge in [0.2, 0.25) is 0 Å². The van der Waals surface area contributed by atoms with Crippen LogP contribution in [0.5, 0.6) is 11.5 Å². The molecule has 1 heterocycles. The molecule has 0 unspecified atom stereocenters. The first-order chi connectivity index (χ1) is 15.4. The molecular weight excluding hydrogens is 452 g/mol. The molecule has 164 valence electrons. The summed E-state index contributed by atoms with van der Waals surface area (Å²) in [4.78, 5) is 9.06. The molecule has 0 spiro atoms. The van der Waals surface area contributed by atoms with Crippen LogP contribution in [0.2, 0.25) is 5.02 Å². The number of ether oxygens (including phenoxy) is 2. The van der Waals surface area contributed by atoms with Crippen molar-refractivity contribution in [1.29, 1.82) is 0 Å². The van der Waals surface area contributed by atoms with Crippen molar-refractivity contribution in [3.8, 4) is 11.5 Å². The lowest BCUT2D eigenvalue weighted by Gasteiger charge is -2.16. The third-order valence-corrected chi connectivity index (χ3v) is 6.14. The van der Waals surface area contributed by atoms with Gasteiger partial charge in [-0.3, -0.25) is 4.72 Å². The molecule has 0 amide bonds. The minimum atomic E-state index is -3.98. The van der Waals surface area contributed by atoms with Crippen molar-refractivity contribution >= 4 is 50.0 Å². The van der Waals surface area contributed by atoms with Gasteiger partial charge in [0.1, 0.15) is 11.5 Å². The number of fused-ring (bicyclic) bond motifs is 1. The lowest BCUT2D eigenvalue weighted by Crippen LogP contribution is -2.16. The number of rotatable bonds is 7. The molecule has 4 aromatic rings. The van der Waals surface area contributed by atoms with Gasteiger partial charge in [-0.15, -0.1) is 0 Å². The summed E-state index contributed by atoms with van der Waals surface area (Å²) < 4.78 is 39.2. The minimum Gasteiger partial charge on any atom is -0.497 e. The summed E-state index contributed by atoms with van der Waals surface area (Å²) in [5.74, 6) is 1.32. The molecule has 10 heteroatoms. The number of hydrogen-bond acceptors (Lipinski definition) is 7. The first kappa shape index (κ1) is 21.7. The summed E-state index contributed by atoms with van der Waals surface area (Å²) in [7, 11) is -0.903. The van der Waals surface area contributed by atoms with E-state index in [0.717, 1.165) is 0 Å². The smallest absolute Gasteiger partial charge is 0.263 e. The van der Waals surface area contributed by atoms with Crippen LogP contribution in [0.15, 0.2) is 71.6 Å². The number of para-hydroxylation sites is 2. The van der Waals surface area contributed by atoms with Crippen molar-refractivity contribution in [3.05, 3.63) is 71.8 Å². The SMILES string of the molecule is COc1ccc(OC)c(Nc2nc3ccccc3nc2NS(=O)(=O)c2cccc(Cl)c2)c1. The lowest BCUT2D eigenvalue weighted by atomic mass is 10.2. The normalized spacial score (nSPS) is 11.2. The molecular formula is C22H19ClN4O4S. The fourth-order valence-electron chi connectivity index (χ4n) is 3.02. The van der Waals surface area contributed by atoms with Gasteiger partial charge in [0.05, 0.1) is 35.8 Å². The van der Waals surface area contributed by atoms with E-state index >= 15 is 0 Å². The maximum Gasteiger partial charge on any atom is 0.263 e.